The molecule has 0 spiro atoms. The maximum Gasteiger partial charge on any atom is 0.239 e. The van der Waals surface area contributed by atoms with E-state index in [0.29, 0.717) is 28.1 Å². The van der Waals surface area contributed by atoms with Gasteiger partial charge >= 0.3 is 0 Å². The summed E-state index contributed by atoms with van der Waals surface area (Å²) >= 11 is 6.07. The zero-order valence-corrected chi connectivity index (χ0v) is 18.9. The summed E-state index contributed by atoms with van der Waals surface area (Å²) in [4.78, 5) is 26.7. The molecule has 1 aromatic carbocycles. The minimum Gasteiger partial charge on any atom is -0.327 e. The molecule has 2 aromatic rings. The number of likely N-dealkylation sites (N-methyl/N-ethyl adjacent to an activating group) is 1. The van der Waals surface area contributed by atoms with Crippen LogP contribution in [0.4, 0.5) is 11.5 Å². The molecule has 1 aromatic heterocycles. The zero-order chi connectivity index (χ0) is 22.5. The minimum atomic E-state index is -0.263. The molecule has 7 nitrogen and oxygen atoms in total. The van der Waals surface area contributed by atoms with Crippen molar-refractivity contribution < 1.29 is 9.59 Å². The van der Waals surface area contributed by atoms with E-state index >= 15 is 0 Å². The van der Waals surface area contributed by atoms with Crippen LogP contribution in [0.2, 0.25) is 5.02 Å². The fourth-order valence-electron chi connectivity index (χ4n) is 4.18. The standard InChI is InChI=1S/C23H28ClN5O2/c1-15-16(2)29(17-8-4-5-9-17)23(18(15)12-25)27-22(31)14-28(3)13-21(30)26-20-11-7-6-10-19(20)24/h6-7,10-11,17H,4-5,8-9,13-14H2,1-3H3,(H,26,30)(H,27,31). The monoisotopic (exact) mass is 441 g/mol. The molecule has 1 aliphatic rings. The van der Waals surface area contributed by atoms with Crippen molar-refractivity contribution in [1.82, 2.24) is 9.47 Å². The average molecular weight is 442 g/mol. The van der Waals surface area contributed by atoms with Crippen molar-refractivity contribution in [1.29, 1.82) is 5.26 Å². The molecule has 0 saturated heterocycles. The summed E-state index contributed by atoms with van der Waals surface area (Å²) in [7, 11) is 1.70. The zero-order valence-electron chi connectivity index (χ0n) is 18.2. The van der Waals surface area contributed by atoms with E-state index in [-0.39, 0.29) is 24.9 Å². The molecule has 31 heavy (non-hydrogen) atoms. The predicted molar refractivity (Wildman–Crippen MR) is 122 cm³/mol. The number of nitriles is 1. The Morgan fingerprint density at radius 2 is 1.77 bits per heavy atom. The van der Waals surface area contributed by atoms with Gasteiger partial charge in [-0.2, -0.15) is 5.26 Å². The summed E-state index contributed by atoms with van der Waals surface area (Å²) in [5.41, 5.74) is 2.96. The lowest BCUT2D eigenvalue weighted by atomic mass is 10.2. The first kappa shape index (κ1) is 22.9. The van der Waals surface area contributed by atoms with Crippen molar-refractivity contribution in [3.05, 3.63) is 46.1 Å². The number of carbonyl (C=O) groups excluding carboxylic acids is 2. The van der Waals surface area contributed by atoms with E-state index in [1.807, 2.05) is 13.8 Å². The fourth-order valence-corrected chi connectivity index (χ4v) is 4.36. The molecule has 2 N–H and O–H groups in total. The first-order chi connectivity index (χ1) is 14.8. The van der Waals surface area contributed by atoms with Crippen LogP contribution in [0.15, 0.2) is 24.3 Å². The second kappa shape index (κ2) is 9.99. The molecule has 1 fully saturated rings. The number of hydrogen-bond acceptors (Lipinski definition) is 4. The van der Waals surface area contributed by atoms with Gasteiger partial charge in [0.05, 0.1) is 29.4 Å². The SMILES string of the molecule is Cc1c(C#N)c(NC(=O)CN(C)CC(=O)Nc2ccccc2Cl)n(C2CCCC2)c1C. The van der Waals surface area contributed by atoms with Gasteiger partial charge in [-0.25, -0.2) is 0 Å². The van der Waals surface area contributed by atoms with Crippen molar-refractivity contribution >= 4 is 34.9 Å². The molecule has 164 valence electrons. The Hall–Kier alpha value is -2.82. The quantitative estimate of drug-likeness (QED) is 0.671. The van der Waals surface area contributed by atoms with Crippen LogP contribution in [0.25, 0.3) is 0 Å². The highest BCUT2D eigenvalue weighted by molar-refractivity contribution is 6.33. The summed E-state index contributed by atoms with van der Waals surface area (Å²) in [6.07, 6.45) is 4.40. The van der Waals surface area contributed by atoms with E-state index in [2.05, 4.69) is 21.3 Å². The van der Waals surface area contributed by atoms with Gasteiger partial charge in [0.25, 0.3) is 0 Å². The largest absolute Gasteiger partial charge is 0.327 e. The van der Waals surface area contributed by atoms with Crippen LogP contribution in [0.3, 0.4) is 0 Å². The van der Waals surface area contributed by atoms with Crippen LogP contribution in [-0.2, 0) is 9.59 Å². The predicted octanol–water partition coefficient (Wildman–Crippen LogP) is 4.25. The molecule has 0 atom stereocenters. The number of aromatic nitrogens is 1. The average Bonchev–Trinajstić information content (AvgIpc) is 3.30. The van der Waals surface area contributed by atoms with E-state index in [4.69, 9.17) is 11.6 Å². The molecule has 1 heterocycles. The third-order valence-corrected chi connectivity index (χ3v) is 6.12. The number of nitrogens with zero attached hydrogens (tertiary/aromatic N) is 3. The number of para-hydroxylation sites is 1. The summed E-state index contributed by atoms with van der Waals surface area (Å²) in [5, 5.41) is 15.8. The number of halogens is 1. The van der Waals surface area contributed by atoms with Crippen molar-refractivity contribution in [3.8, 4) is 6.07 Å². The van der Waals surface area contributed by atoms with Crippen LogP contribution < -0.4 is 10.6 Å². The lowest BCUT2D eigenvalue weighted by molar-refractivity contribution is -0.119. The van der Waals surface area contributed by atoms with Crippen molar-refractivity contribution in [2.45, 2.75) is 45.6 Å². The molecule has 1 aliphatic carbocycles. The van der Waals surface area contributed by atoms with Crippen molar-refractivity contribution in [2.24, 2.45) is 0 Å². The normalized spacial score (nSPS) is 13.9. The van der Waals surface area contributed by atoms with Crippen LogP contribution in [0.5, 0.6) is 0 Å². The van der Waals surface area contributed by atoms with Crippen molar-refractivity contribution in [3.63, 3.8) is 0 Å². The Balaban J connectivity index is 1.65. The van der Waals surface area contributed by atoms with Crippen LogP contribution in [0, 0.1) is 25.2 Å². The van der Waals surface area contributed by atoms with Gasteiger partial charge in [0.1, 0.15) is 11.9 Å². The highest BCUT2D eigenvalue weighted by Crippen LogP contribution is 2.37. The lowest BCUT2D eigenvalue weighted by Gasteiger charge is -2.20. The molecule has 0 radical (unpaired) electrons. The van der Waals surface area contributed by atoms with Gasteiger partial charge in [0.15, 0.2) is 0 Å². The number of rotatable bonds is 7. The Bertz CT molecular complexity index is 1020. The Morgan fingerprint density at radius 3 is 2.39 bits per heavy atom. The Morgan fingerprint density at radius 1 is 1.16 bits per heavy atom. The molecular formula is C23H28ClN5O2. The van der Waals surface area contributed by atoms with E-state index < -0.39 is 0 Å². The maximum absolute atomic E-state index is 12.7. The number of nitrogens with one attached hydrogen (secondary N) is 2. The van der Waals surface area contributed by atoms with Crippen LogP contribution >= 0.6 is 11.6 Å². The first-order valence-corrected chi connectivity index (χ1v) is 10.8. The van der Waals surface area contributed by atoms with Crippen LogP contribution in [0.1, 0.15) is 48.5 Å². The second-order valence-electron chi connectivity index (χ2n) is 8.10. The summed E-state index contributed by atoms with van der Waals surface area (Å²) in [6, 6.07) is 9.54. The van der Waals surface area contributed by atoms with E-state index in [1.54, 1.807) is 36.2 Å². The minimum absolute atomic E-state index is 0.0226. The van der Waals surface area contributed by atoms with E-state index in [9.17, 15) is 14.9 Å². The Kier molecular flexibility index (Phi) is 7.37. The van der Waals surface area contributed by atoms with Gasteiger partial charge in [0.2, 0.25) is 11.8 Å². The van der Waals surface area contributed by atoms with Crippen molar-refractivity contribution in [2.75, 3.05) is 30.8 Å². The first-order valence-electron chi connectivity index (χ1n) is 10.5. The fraction of sp³-hybridized carbons (Fsp3) is 0.435. The van der Waals surface area contributed by atoms with Crippen LogP contribution in [-0.4, -0.2) is 41.4 Å². The van der Waals surface area contributed by atoms with E-state index in [1.165, 1.54) is 0 Å². The number of hydrogen-bond donors (Lipinski definition) is 2. The molecule has 0 bridgehead atoms. The highest BCUT2D eigenvalue weighted by atomic mass is 35.5. The second-order valence-corrected chi connectivity index (χ2v) is 8.51. The molecule has 2 amide bonds. The van der Waals surface area contributed by atoms with Gasteiger partial charge in [0, 0.05) is 11.7 Å². The topological polar surface area (TPSA) is 90.2 Å². The third kappa shape index (κ3) is 5.27. The molecule has 3 rings (SSSR count). The summed E-state index contributed by atoms with van der Waals surface area (Å²) in [6.45, 7) is 3.97. The van der Waals surface area contributed by atoms with Gasteiger partial charge in [-0.05, 0) is 51.4 Å². The van der Waals surface area contributed by atoms with Gasteiger partial charge < -0.3 is 15.2 Å². The number of anilines is 2. The third-order valence-electron chi connectivity index (χ3n) is 5.79. The molecule has 1 saturated carbocycles. The summed E-state index contributed by atoms with van der Waals surface area (Å²) < 4.78 is 2.11. The van der Waals surface area contributed by atoms with E-state index in [0.717, 1.165) is 36.9 Å². The Labute approximate surface area is 188 Å². The molecule has 0 unspecified atom stereocenters. The maximum atomic E-state index is 12.7. The molecule has 0 aliphatic heterocycles. The number of carbonyl (C=O) groups is 2. The molecule has 8 heteroatoms. The number of benzene rings is 1. The lowest BCUT2D eigenvalue weighted by Crippen LogP contribution is -2.36. The molecular weight excluding hydrogens is 414 g/mol. The number of amides is 2. The van der Waals surface area contributed by atoms with Gasteiger partial charge in [-0.15, -0.1) is 0 Å². The highest BCUT2D eigenvalue weighted by Gasteiger charge is 2.27. The summed E-state index contributed by atoms with van der Waals surface area (Å²) in [5.74, 6) is 0.0479. The van der Waals surface area contributed by atoms with Gasteiger partial charge in [-0.1, -0.05) is 36.6 Å². The van der Waals surface area contributed by atoms with Gasteiger partial charge in [-0.3, -0.25) is 14.5 Å². The smallest absolute Gasteiger partial charge is 0.239 e.